The Labute approximate surface area is 102 Å². The summed E-state index contributed by atoms with van der Waals surface area (Å²) in [6.07, 6.45) is 6.39. The van der Waals surface area contributed by atoms with Crippen molar-refractivity contribution in [3.05, 3.63) is 17.2 Å². The minimum absolute atomic E-state index is 0.183. The summed E-state index contributed by atoms with van der Waals surface area (Å²) >= 11 is 0. The Balaban J connectivity index is 2.22. The van der Waals surface area contributed by atoms with Crippen LogP contribution in [0.2, 0.25) is 0 Å². The Morgan fingerprint density at radius 2 is 2.24 bits per heavy atom. The molecule has 1 aliphatic heterocycles. The van der Waals surface area contributed by atoms with Crippen LogP contribution in [-0.2, 0) is 30.6 Å². The van der Waals surface area contributed by atoms with Crippen LogP contribution in [0.5, 0.6) is 0 Å². The lowest BCUT2D eigenvalue weighted by Crippen LogP contribution is -2.14. The van der Waals surface area contributed by atoms with E-state index in [9.17, 15) is 4.79 Å². The van der Waals surface area contributed by atoms with Crippen molar-refractivity contribution in [2.45, 2.75) is 58.4 Å². The van der Waals surface area contributed by atoms with Gasteiger partial charge >= 0.3 is 5.97 Å². The number of hydrogen-bond acceptors (Lipinski definition) is 2. The first-order valence-electron chi connectivity index (χ1n) is 6.51. The highest BCUT2D eigenvalue weighted by Crippen LogP contribution is 2.22. The summed E-state index contributed by atoms with van der Waals surface area (Å²) in [6, 6.07) is 0. The van der Waals surface area contributed by atoms with Gasteiger partial charge in [0.2, 0.25) is 0 Å². The number of nitrogens with zero attached hydrogens (tertiary/aromatic N) is 2. The maximum atomic E-state index is 10.6. The fraction of sp³-hybridized carbons (Fsp3) is 0.692. The molecule has 0 aliphatic carbocycles. The van der Waals surface area contributed by atoms with Crippen LogP contribution in [0.1, 0.15) is 49.8 Å². The van der Waals surface area contributed by atoms with Crippen molar-refractivity contribution in [2.24, 2.45) is 0 Å². The van der Waals surface area contributed by atoms with Gasteiger partial charge in [0.25, 0.3) is 0 Å². The van der Waals surface area contributed by atoms with E-state index >= 15 is 0 Å². The van der Waals surface area contributed by atoms with Crippen LogP contribution < -0.4 is 0 Å². The molecule has 0 saturated heterocycles. The van der Waals surface area contributed by atoms with Gasteiger partial charge in [-0.3, -0.25) is 4.79 Å². The van der Waals surface area contributed by atoms with Crippen molar-refractivity contribution in [3.63, 3.8) is 0 Å². The van der Waals surface area contributed by atoms with Crippen LogP contribution in [0.25, 0.3) is 0 Å². The van der Waals surface area contributed by atoms with Gasteiger partial charge in [0.15, 0.2) is 0 Å². The maximum Gasteiger partial charge on any atom is 0.303 e. The van der Waals surface area contributed by atoms with Gasteiger partial charge < -0.3 is 9.67 Å². The van der Waals surface area contributed by atoms with E-state index in [1.54, 1.807) is 0 Å². The van der Waals surface area contributed by atoms with Gasteiger partial charge in [-0.05, 0) is 25.7 Å². The molecule has 1 aromatic heterocycles. The summed E-state index contributed by atoms with van der Waals surface area (Å²) in [5, 5.41) is 8.75. The third-order valence-corrected chi connectivity index (χ3v) is 3.33. The van der Waals surface area contributed by atoms with Crippen LogP contribution in [-0.4, -0.2) is 20.6 Å². The summed E-state index contributed by atoms with van der Waals surface area (Å²) in [7, 11) is 0. The molecular formula is C13H20N2O2. The van der Waals surface area contributed by atoms with E-state index in [1.807, 2.05) is 0 Å². The second-order valence-corrected chi connectivity index (χ2v) is 4.67. The standard InChI is InChI=1S/C13H20N2O2/c1-2-5-10-11-6-3-4-9-15(11)12(14-10)7-8-13(16)17/h2-9H2,1H3,(H,16,17). The molecule has 0 radical (unpaired) electrons. The second-order valence-electron chi connectivity index (χ2n) is 4.67. The monoisotopic (exact) mass is 236 g/mol. The summed E-state index contributed by atoms with van der Waals surface area (Å²) in [5.41, 5.74) is 2.56. The molecule has 17 heavy (non-hydrogen) atoms. The topological polar surface area (TPSA) is 55.1 Å². The van der Waals surface area contributed by atoms with E-state index in [1.165, 1.54) is 24.2 Å². The van der Waals surface area contributed by atoms with Crippen molar-refractivity contribution in [1.29, 1.82) is 0 Å². The Morgan fingerprint density at radius 1 is 1.41 bits per heavy atom. The lowest BCUT2D eigenvalue weighted by molar-refractivity contribution is -0.137. The molecule has 0 fully saturated rings. The average molecular weight is 236 g/mol. The molecule has 94 valence electrons. The lowest BCUT2D eigenvalue weighted by atomic mass is 10.1. The lowest BCUT2D eigenvalue weighted by Gasteiger charge is -2.17. The first-order chi connectivity index (χ1) is 8.22. The van der Waals surface area contributed by atoms with E-state index < -0.39 is 5.97 Å². The van der Waals surface area contributed by atoms with E-state index in [-0.39, 0.29) is 6.42 Å². The van der Waals surface area contributed by atoms with Gasteiger partial charge in [-0.1, -0.05) is 13.3 Å². The highest BCUT2D eigenvalue weighted by molar-refractivity contribution is 5.66. The largest absolute Gasteiger partial charge is 0.481 e. The molecule has 1 aliphatic rings. The summed E-state index contributed by atoms with van der Waals surface area (Å²) < 4.78 is 2.26. The fourth-order valence-electron chi connectivity index (χ4n) is 2.54. The predicted molar refractivity (Wildman–Crippen MR) is 65.1 cm³/mol. The van der Waals surface area contributed by atoms with Gasteiger partial charge in [0.05, 0.1) is 12.1 Å². The number of rotatable bonds is 5. The zero-order valence-corrected chi connectivity index (χ0v) is 10.4. The van der Waals surface area contributed by atoms with E-state index in [0.29, 0.717) is 6.42 Å². The molecular weight excluding hydrogens is 216 g/mol. The summed E-state index contributed by atoms with van der Waals surface area (Å²) in [5.74, 6) is 0.237. The molecule has 0 unspecified atom stereocenters. The number of imidazole rings is 1. The van der Waals surface area contributed by atoms with Gasteiger partial charge in [-0.15, -0.1) is 0 Å². The molecule has 2 rings (SSSR count). The van der Waals surface area contributed by atoms with Crippen LogP contribution in [0.4, 0.5) is 0 Å². The van der Waals surface area contributed by atoms with Crippen molar-refractivity contribution >= 4 is 5.97 Å². The first-order valence-corrected chi connectivity index (χ1v) is 6.51. The van der Waals surface area contributed by atoms with Gasteiger partial charge in [-0.2, -0.15) is 0 Å². The molecule has 1 aromatic rings. The Bertz CT molecular complexity index is 410. The van der Waals surface area contributed by atoms with Crippen LogP contribution in [0.3, 0.4) is 0 Å². The Kier molecular flexibility index (Phi) is 3.82. The molecule has 0 spiro atoms. The minimum atomic E-state index is -0.741. The quantitative estimate of drug-likeness (QED) is 0.852. The number of fused-ring (bicyclic) bond motifs is 1. The number of carboxylic acid groups (broad SMARTS) is 1. The highest BCUT2D eigenvalue weighted by Gasteiger charge is 2.19. The number of hydrogen-bond donors (Lipinski definition) is 1. The van der Waals surface area contributed by atoms with E-state index in [4.69, 9.17) is 5.11 Å². The van der Waals surface area contributed by atoms with Gasteiger partial charge in [-0.25, -0.2) is 4.98 Å². The number of aryl methyl sites for hydroxylation is 2. The molecule has 0 saturated carbocycles. The smallest absolute Gasteiger partial charge is 0.303 e. The molecule has 0 bridgehead atoms. The minimum Gasteiger partial charge on any atom is -0.481 e. The maximum absolute atomic E-state index is 10.6. The fourth-order valence-corrected chi connectivity index (χ4v) is 2.54. The Morgan fingerprint density at radius 3 is 2.94 bits per heavy atom. The van der Waals surface area contributed by atoms with Crippen LogP contribution in [0.15, 0.2) is 0 Å². The molecule has 1 N–H and O–H groups in total. The summed E-state index contributed by atoms with van der Waals surface area (Å²) in [6.45, 7) is 3.17. The second kappa shape index (κ2) is 5.34. The number of aliphatic carboxylic acids is 1. The normalized spacial score (nSPS) is 14.6. The SMILES string of the molecule is CCCc1nc(CCC(=O)O)n2c1CCCC2. The average Bonchev–Trinajstić information content (AvgIpc) is 2.66. The van der Waals surface area contributed by atoms with Crippen LogP contribution >= 0.6 is 0 Å². The zero-order valence-electron chi connectivity index (χ0n) is 10.4. The zero-order chi connectivity index (χ0) is 12.3. The molecule has 4 nitrogen and oxygen atoms in total. The molecule has 0 amide bonds. The van der Waals surface area contributed by atoms with Crippen molar-refractivity contribution in [3.8, 4) is 0 Å². The summed E-state index contributed by atoms with van der Waals surface area (Å²) in [4.78, 5) is 15.3. The molecule has 4 heteroatoms. The third-order valence-electron chi connectivity index (χ3n) is 3.33. The Hall–Kier alpha value is -1.32. The van der Waals surface area contributed by atoms with Crippen molar-refractivity contribution < 1.29 is 9.90 Å². The van der Waals surface area contributed by atoms with E-state index in [2.05, 4.69) is 16.5 Å². The first kappa shape index (κ1) is 12.1. The van der Waals surface area contributed by atoms with Crippen LogP contribution in [0, 0.1) is 0 Å². The van der Waals surface area contributed by atoms with Gasteiger partial charge in [0.1, 0.15) is 5.82 Å². The third kappa shape index (κ3) is 2.68. The van der Waals surface area contributed by atoms with Crippen molar-refractivity contribution in [2.75, 3.05) is 0 Å². The number of aromatic nitrogens is 2. The van der Waals surface area contributed by atoms with Crippen molar-refractivity contribution in [1.82, 2.24) is 9.55 Å². The van der Waals surface area contributed by atoms with Gasteiger partial charge in [0, 0.05) is 18.7 Å². The number of carboxylic acids is 1. The number of carbonyl (C=O) groups is 1. The van der Waals surface area contributed by atoms with E-state index in [0.717, 1.165) is 31.6 Å². The predicted octanol–water partition coefficient (Wildman–Crippen LogP) is 2.19. The highest BCUT2D eigenvalue weighted by atomic mass is 16.4. The molecule has 2 heterocycles. The molecule has 0 aromatic carbocycles. The molecule has 0 atom stereocenters.